The number of phenols is 1. The molecule has 3 aliphatic rings. The van der Waals surface area contributed by atoms with Gasteiger partial charge in [-0.15, -0.1) is 0 Å². The summed E-state index contributed by atoms with van der Waals surface area (Å²) in [6.07, 6.45) is 0.293. The summed E-state index contributed by atoms with van der Waals surface area (Å²) in [7, 11) is 6.42. The molecule has 7 N–H and O–H groups in total. The van der Waals surface area contributed by atoms with E-state index in [-0.39, 0.29) is 41.1 Å². The van der Waals surface area contributed by atoms with Crippen LogP contribution in [0.1, 0.15) is 22.3 Å². The number of nitrogens with one attached hydrogen (secondary N) is 1. The van der Waals surface area contributed by atoms with Crippen LogP contribution in [-0.4, -0.2) is 89.0 Å². The Hall–Kier alpha value is -3.61. The first kappa shape index (κ1) is 26.5. The Morgan fingerprint density at radius 2 is 1.81 bits per heavy atom. The minimum atomic E-state index is -2.74. The number of carbonyl (C=O) groups excluding carboxylic acids is 4. The van der Waals surface area contributed by atoms with Crippen molar-refractivity contribution in [3.63, 3.8) is 0 Å². The van der Waals surface area contributed by atoms with Gasteiger partial charge in [0.2, 0.25) is 12.2 Å². The molecule has 0 aliphatic heterocycles. The van der Waals surface area contributed by atoms with E-state index in [2.05, 4.69) is 5.32 Å². The van der Waals surface area contributed by atoms with Gasteiger partial charge in [-0.25, -0.2) is 0 Å². The monoisotopic (exact) mass is 534 g/mol. The maximum atomic E-state index is 13.8. The fourth-order valence-electron chi connectivity index (χ4n) is 5.99. The summed E-state index contributed by atoms with van der Waals surface area (Å²) >= 11 is 6.49. The summed E-state index contributed by atoms with van der Waals surface area (Å²) in [4.78, 5) is 53.4. The van der Waals surface area contributed by atoms with Crippen molar-refractivity contribution in [2.75, 3.05) is 38.4 Å². The Morgan fingerprint density at radius 1 is 1.19 bits per heavy atom. The average molecular weight is 535 g/mol. The number of primary amides is 1. The number of aliphatic hydroxyl groups excluding tert-OH is 2. The lowest BCUT2D eigenvalue weighted by atomic mass is 9.58. The molecule has 12 nitrogen and oxygen atoms in total. The molecule has 0 bridgehead atoms. The summed E-state index contributed by atoms with van der Waals surface area (Å²) in [5, 5.41) is 47.0. The second-order valence-electron chi connectivity index (χ2n) is 9.86. The molecule has 0 saturated carbocycles. The largest absolute Gasteiger partial charge is 0.510 e. The molecular formula is C24H27ClN4O8. The van der Waals surface area contributed by atoms with Crippen LogP contribution >= 0.6 is 11.6 Å². The highest BCUT2D eigenvalue weighted by Gasteiger charge is 2.63. The molecule has 0 spiro atoms. The van der Waals surface area contributed by atoms with Crippen molar-refractivity contribution in [1.82, 2.24) is 4.90 Å². The first-order valence-corrected chi connectivity index (χ1v) is 11.7. The van der Waals surface area contributed by atoms with Crippen molar-refractivity contribution in [2.24, 2.45) is 17.6 Å². The number of allylic oxidation sites excluding steroid dienone is 1. The molecule has 0 fully saturated rings. The maximum absolute atomic E-state index is 13.8. The summed E-state index contributed by atoms with van der Waals surface area (Å²) in [6, 6.07) is -1.09. The smallest absolute Gasteiger partial charge is 0.255 e. The van der Waals surface area contributed by atoms with Gasteiger partial charge in [-0.1, -0.05) is 11.6 Å². The summed E-state index contributed by atoms with van der Waals surface area (Å²) in [6.45, 7) is 0. The summed E-state index contributed by atoms with van der Waals surface area (Å²) < 4.78 is 0. The number of aliphatic hydroxyl groups is 3. The minimum Gasteiger partial charge on any atom is -0.510 e. The SMILES string of the molecule is CN(C)c1c(Cl)c(NC=O)c(O)c2c1CC1CC3[C@H](N(C)C)C(O)=C(C(N)=O)C(=O)[C@@]3(O)C(O)=C1C2=O. The number of likely N-dealkylation sites (N-methyl/N-ethyl adjacent to an activating group) is 1. The van der Waals surface area contributed by atoms with E-state index in [4.69, 9.17) is 17.3 Å². The highest BCUT2D eigenvalue weighted by molar-refractivity contribution is 6.38. The maximum Gasteiger partial charge on any atom is 0.255 e. The lowest BCUT2D eigenvalue weighted by molar-refractivity contribution is -0.148. The van der Waals surface area contributed by atoms with E-state index >= 15 is 0 Å². The third-order valence-corrected chi connectivity index (χ3v) is 7.82. The van der Waals surface area contributed by atoms with Gasteiger partial charge in [0, 0.05) is 25.6 Å². The molecule has 1 aromatic rings. The lowest BCUT2D eigenvalue weighted by Gasteiger charge is -2.50. The first-order valence-electron chi connectivity index (χ1n) is 11.3. The van der Waals surface area contributed by atoms with E-state index < -0.39 is 63.8 Å². The van der Waals surface area contributed by atoms with Gasteiger partial charge < -0.3 is 36.4 Å². The average Bonchev–Trinajstić information content (AvgIpc) is 2.78. The van der Waals surface area contributed by atoms with Crippen LogP contribution in [-0.2, 0) is 20.8 Å². The quantitative estimate of drug-likeness (QED) is 0.175. The molecule has 37 heavy (non-hydrogen) atoms. The Bertz CT molecular complexity index is 1330. The van der Waals surface area contributed by atoms with E-state index in [0.717, 1.165) is 0 Å². The summed E-state index contributed by atoms with van der Waals surface area (Å²) in [5.41, 5.74) is 1.64. The molecule has 0 aromatic heterocycles. The van der Waals surface area contributed by atoms with Crippen LogP contribution in [0.15, 0.2) is 22.7 Å². The third-order valence-electron chi connectivity index (χ3n) is 7.45. The second-order valence-corrected chi connectivity index (χ2v) is 10.2. The van der Waals surface area contributed by atoms with Crippen LogP contribution in [0.3, 0.4) is 0 Å². The van der Waals surface area contributed by atoms with E-state index in [1.807, 2.05) is 0 Å². The lowest BCUT2D eigenvalue weighted by Crippen LogP contribution is -2.63. The zero-order valence-electron chi connectivity index (χ0n) is 20.5. The van der Waals surface area contributed by atoms with Crippen LogP contribution in [0, 0.1) is 11.8 Å². The highest BCUT2D eigenvalue weighted by atomic mass is 35.5. The van der Waals surface area contributed by atoms with Gasteiger partial charge in [0.1, 0.15) is 22.8 Å². The number of Topliss-reactive ketones (excluding diaryl/α,β-unsaturated/α-hetero) is 2. The number of anilines is 2. The molecule has 198 valence electrons. The molecular weight excluding hydrogens is 508 g/mol. The summed E-state index contributed by atoms with van der Waals surface area (Å²) in [5.74, 6) is -7.63. The number of ketones is 2. The van der Waals surface area contributed by atoms with Gasteiger partial charge in [0.15, 0.2) is 17.1 Å². The number of phenolic OH excluding ortho intramolecular Hbond substituents is 1. The number of fused-ring (bicyclic) bond motifs is 3. The van der Waals surface area contributed by atoms with Crippen molar-refractivity contribution in [2.45, 2.75) is 24.5 Å². The Morgan fingerprint density at radius 3 is 2.32 bits per heavy atom. The Balaban J connectivity index is 2.02. The van der Waals surface area contributed by atoms with Gasteiger partial charge in [-0.2, -0.15) is 0 Å². The standard InChI is InChI=1S/C24H27ClN4O8/c1-28(2)16-9-5-8-6-10-17(29(3)4)20(33)13(23(26)36)22(35)24(10,37)21(34)11(8)18(31)12(9)19(32)15(14(16)25)27-7-30/h7-8,10,17,32-34,37H,5-6H2,1-4H3,(H2,26,36)(H,27,30)/t8?,10?,17-,24-/m0/s1. The molecule has 4 rings (SSSR count). The van der Waals surface area contributed by atoms with E-state index in [9.17, 15) is 39.6 Å². The normalized spacial score (nSPS) is 27.1. The molecule has 13 heteroatoms. The third kappa shape index (κ3) is 3.43. The number of aromatic hydroxyl groups is 1. The second kappa shape index (κ2) is 8.75. The van der Waals surface area contributed by atoms with E-state index in [1.165, 1.54) is 4.90 Å². The van der Waals surface area contributed by atoms with Crippen molar-refractivity contribution >= 4 is 46.9 Å². The van der Waals surface area contributed by atoms with Gasteiger partial charge in [0.25, 0.3) is 5.91 Å². The number of benzene rings is 1. The number of hydrogen-bond donors (Lipinski definition) is 6. The number of nitrogens with zero attached hydrogens (tertiary/aromatic N) is 2. The predicted molar refractivity (Wildman–Crippen MR) is 133 cm³/mol. The number of carbonyl (C=O) groups is 4. The van der Waals surface area contributed by atoms with E-state index in [1.54, 1.807) is 33.1 Å². The molecule has 1 aromatic carbocycles. The predicted octanol–water partition coefficient (Wildman–Crippen LogP) is 0.408. The van der Waals surface area contributed by atoms with Crippen molar-refractivity contribution in [3.8, 4) is 5.75 Å². The molecule has 4 atom stereocenters. The molecule has 0 heterocycles. The fraction of sp³-hybridized carbons (Fsp3) is 0.417. The highest BCUT2D eigenvalue weighted by Crippen LogP contribution is 2.55. The molecule has 2 unspecified atom stereocenters. The number of rotatable bonds is 5. The number of nitrogens with two attached hydrogens (primary N) is 1. The van der Waals surface area contributed by atoms with E-state index in [0.29, 0.717) is 11.3 Å². The van der Waals surface area contributed by atoms with Gasteiger partial charge in [0.05, 0.1) is 22.3 Å². The van der Waals surface area contributed by atoms with Gasteiger partial charge in [-0.05, 0) is 38.4 Å². The Labute approximate surface area is 216 Å². The van der Waals surface area contributed by atoms with Crippen molar-refractivity contribution in [3.05, 3.63) is 38.8 Å². The van der Waals surface area contributed by atoms with Crippen molar-refractivity contribution in [1.29, 1.82) is 0 Å². The van der Waals surface area contributed by atoms with Crippen molar-refractivity contribution < 1.29 is 39.6 Å². The number of hydrogen-bond acceptors (Lipinski definition) is 10. The zero-order valence-corrected chi connectivity index (χ0v) is 21.3. The van der Waals surface area contributed by atoms with Crippen LogP contribution in [0.2, 0.25) is 5.02 Å². The Kier molecular flexibility index (Phi) is 6.26. The van der Waals surface area contributed by atoms with Crippen LogP contribution < -0.4 is 16.0 Å². The van der Waals surface area contributed by atoms with Crippen LogP contribution in [0.4, 0.5) is 11.4 Å². The number of halogens is 1. The topological polar surface area (TPSA) is 194 Å². The molecule has 3 aliphatic carbocycles. The first-order chi connectivity index (χ1) is 17.2. The molecule has 0 radical (unpaired) electrons. The van der Waals surface area contributed by atoms with Crippen LogP contribution in [0.25, 0.3) is 0 Å². The zero-order chi connectivity index (χ0) is 27.7. The molecule has 0 saturated heterocycles. The van der Waals surface area contributed by atoms with Gasteiger partial charge >= 0.3 is 0 Å². The fourth-order valence-corrected chi connectivity index (χ4v) is 6.42. The minimum absolute atomic E-state index is 0.00388. The molecule has 2 amide bonds. The number of amides is 2. The van der Waals surface area contributed by atoms with Gasteiger partial charge in [-0.3, -0.25) is 24.1 Å². The van der Waals surface area contributed by atoms with Crippen LogP contribution in [0.5, 0.6) is 5.75 Å².